The molecule has 2 rings (SSSR count). The number of nitrogens with one attached hydrogen (secondary N) is 1. The van der Waals surface area contributed by atoms with Gasteiger partial charge in [-0.2, -0.15) is 5.10 Å². The standard InChI is InChI=1S/C13H11N3O4S/c1-8-5-10(16(19)20)6-9(12(8)17)7-14-15-13(18)11-3-2-4-21-11/h2-7,17H,1H3,(H,15,18)/b14-7+. The van der Waals surface area contributed by atoms with E-state index in [4.69, 9.17) is 0 Å². The van der Waals surface area contributed by atoms with Crippen LogP contribution in [0.15, 0.2) is 34.7 Å². The summed E-state index contributed by atoms with van der Waals surface area (Å²) in [6, 6.07) is 5.82. The third-order valence-electron chi connectivity index (χ3n) is 2.64. The van der Waals surface area contributed by atoms with Crippen molar-refractivity contribution in [1.82, 2.24) is 5.43 Å². The maximum absolute atomic E-state index is 11.6. The van der Waals surface area contributed by atoms with Crippen LogP contribution in [0.2, 0.25) is 0 Å². The smallest absolute Gasteiger partial charge is 0.281 e. The molecule has 0 unspecified atom stereocenters. The highest BCUT2D eigenvalue weighted by atomic mass is 32.1. The molecular formula is C13H11N3O4S. The summed E-state index contributed by atoms with van der Waals surface area (Å²) in [5.41, 5.74) is 2.65. The molecule has 0 aliphatic rings. The van der Waals surface area contributed by atoms with Gasteiger partial charge >= 0.3 is 0 Å². The molecule has 2 N–H and O–H groups in total. The summed E-state index contributed by atoms with van der Waals surface area (Å²) >= 11 is 1.26. The van der Waals surface area contributed by atoms with E-state index in [9.17, 15) is 20.0 Å². The van der Waals surface area contributed by atoms with E-state index >= 15 is 0 Å². The molecule has 0 spiro atoms. The van der Waals surface area contributed by atoms with Crippen molar-refractivity contribution < 1.29 is 14.8 Å². The number of non-ortho nitro benzene ring substituents is 1. The van der Waals surface area contributed by atoms with Gasteiger partial charge in [0.1, 0.15) is 5.75 Å². The lowest BCUT2D eigenvalue weighted by molar-refractivity contribution is -0.384. The van der Waals surface area contributed by atoms with E-state index in [2.05, 4.69) is 10.5 Å². The van der Waals surface area contributed by atoms with Crippen molar-refractivity contribution in [2.45, 2.75) is 6.92 Å². The lowest BCUT2D eigenvalue weighted by Crippen LogP contribution is -2.16. The summed E-state index contributed by atoms with van der Waals surface area (Å²) in [6.07, 6.45) is 1.17. The van der Waals surface area contributed by atoms with E-state index in [-0.39, 0.29) is 22.9 Å². The molecule has 8 heteroatoms. The van der Waals surface area contributed by atoms with Crippen LogP contribution in [-0.4, -0.2) is 22.2 Å². The first-order chi connectivity index (χ1) is 9.99. The number of amides is 1. The van der Waals surface area contributed by atoms with Gasteiger partial charge in [-0.1, -0.05) is 6.07 Å². The molecule has 0 atom stereocenters. The lowest BCUT2D eigenvalue weighted by Gasteiger charge is -2.03. The Kier molecular flexibility index (Phi) is 4.29. The van der Waals surface area contributed by atoms with Gasteiger partial charge in [-0.05, 0) is 23.9 Å². The monoisotopic (exact) mass is 305 g/mol. The second-order valence-electron chi connectivity index (χ2n) is 4.13. The molecule has 1 aromatic heterocycles. The lowest BCUT2D eigenvalue weighted by atomic mass is 10.1. The average molecular weight is 305 g/mol. The SMILES string of the molecule is Cc1cc([N+](=O)[O-])cc(/C=N/NC(=O)c2cccs2)c1O. The van der Waals surface area contributed by atoms with Gasteiger partial charge in [0.05, 0.1) is 16.0 Å². The maximum atomic E-state index is 11.6. The van der Waals surface area contributed by atoms with Crippen LogP contribution in [0, 0.1) is 17.0 Å². The van der Waals surface area contributed by atoms with Gasteiger partial charge < -0.3 is 5.11 Å². The van der Waals surface area contributed by atoms with Crippen LogP contribution >= 0.6 is 11.3 Å². The fourth-order valence-corrected chi connectivity index (χ4v) is 2.23. The molecule has 7 nitrogen and oxygen atoms in total. The highest BCUT2D eigenvalue weighted by Gasteiger charge is 2.12. The highest BCUT2D eigenvalue weighted by Crippen LogP contribution is 2.26. The van der Waals surface area contributed by atoms with Crippen molar-refractivity contribution in [3.8, 4) is 5.75 Å². The molecule has 21 heavy (non-hydrogen) atoms. The highest BCUT2D eigenvalue weighted by molar-refractivity contribution is 7.12. The Morgan fingerprint density at radius 2 is 2.29 bits per heavy atom. The van der Waals surface area contributed by atoms with Crippen molar-refractivity contribution >= 4 is 29.1 Å². The quantitative estimate of drug-likeness (QED) is 0.514. The molecular weight excluding hydrogens is 294 g/mol. The van der Waals surface area contributed by atoms with Gasteiger partial charge in [0, 0.05) is 17.7 Å². The molecule has 0 radical (unpaired) electrons. The van der Waals surface area contributed by atoms with Crippen LogP contribution in [0.25, 0.3) is 0 Å². The number of phenolic OH excluding ortho intramolecular Hbond substituents is 1. The predicted molar refractivity (Wildman–Crippen MR) is 78.9 cm³/mol. The molecule has 0 saturated carbocycles. The van der Waals surface area contributed by atoms with Crippen LogP contribution in [-0.2, 0) is 0 Å². The zero-order chi connectivity index (χ0) is 15.4. The zero-order valence-electron chi connectivity index (χ0n) is 10.9. The molecule has 1 heterocycles. The van der Waals surface area contributed by atoms with Crippen molar-refractivity contribution in [3.63, 3.8) is 0 Å². The van der Waals surface area contributed by atoms with Gasteiger partial charge in [-0.15, -0.1) is 11.3 Å². The summed E-state index contributed by atoms with van der Waals surface area (Å²) in [5.74, 6) is -0.502. The molecule has 0 saturated heterocycles. The number of carbonyl (C=O) groups excluding carboxylic acids is 1. The van der Waals surface area contributed by atoms with Gasteiger partial charge in [0.15, 0.2) is 0 Å². The van der Waals surface area contributed by atoms with E-state index in [1.165, 1.54) is 29.7 Å². The van der Waals surface area contributed by atoms with E-state index in [1.807, 2.05) is 0 Å². The largest absolute Gasteiger partial charge is 0.507 e. The number of aryl methyl sites for hydroxylation is 1. The molecule has 2 aromatic rings. The molecule has 0 aliphatic carbocycles. The summed E-state index contributed by atoms with van der Waals surface area (Å²) < 4.78 is 0. The number of hydrogen-bond donors (Lipinski definition) is 2. The fourth-order valence-electron chi connectivity index (χ4n) is 1.61. The number of nitro benzene ring substituents is 1. The summed E-state index contributed by atoms with van der Waals surface area (Å²) in [6.45, 7) is 1.55. The Hall–Kier alpha value is -2.74. The Morgan fingerprint density at radius 3 is 2.90 bits per heavy atom. The zero-order valence-corrected chi connectivity index (χ0v) is 11.8. The molecule has 0 fully saturated rings. The Balaban J connectivity index is 2.17. The summed E-state index contributed by atoms with van der Waals surface area (Å²) in [4.78, 5) is 22.3. The predicted octanol–water partition coefficient (Wildman–Crippen LogP) is 2.43. The minimum atomic E-state index is -0.561. The molecule has 1 aromatic carbocycles. The van der Waals surface area contributed by atoms with E-state index in [0.717, 1.165) is 0 Å². The number of phenols is 1. The topological polar surface area (TPSA) is 105 Å². The summed E-state index contributed by atoms with van der Waals surface area (Å²) in [5, 5.41) is 26.1. The minimum Gasteiger partial charge on any atom is -0.507 e. The van der Waals surface area contributed by atoms with E-state index < -0.39 is 4.92 Å². The van der Waals surface area contributed by atoms with Crippen molar-refractivity contribution in [1.29, 1.82) is 0 Å². The Morgan fingerprint density at radius 1 is 1.52 bits per heavy atom. The number of nitro groups is 1. The molecule has 0 bridgehead atoms. The van der Waals surface area contributed by atoms with Crippen LogP contribution < -0.4 is 5.43 Å². The second-order valence-corrected chi connectivity index (χ2v) is 5.08. The number of aromatic hydroxyl groups is 1. The van der Waals surface area contributed by atoms with Crippen LogP contribution in [0.4, 0.5) is 5.69 Å². The van der Waals surface area contributed by atoms with Crippen LogP contribution in [0.1, 0.15) is 20.8 Å². The van der Waals surface area contributed by atoms with Crippen molar-refractivity contribution in [3.05, 3.63) is 55.8 Å². The van der Waals surface area contributed by atoms with Crippen molar-refractivity contribution in [2.75, 3.05) is 0 Å². The first-order valence-corrected chi connectivity index (χ1v) is 6.72. The number of rotatable bonds is 4. The minimum absolute atomic E-state index is 0.116. The van der Waals surface area contributed by atoms with Gasteiger partial charge in [-0.3, -0.25) is 14.9 Å². The fraction of sp³-hybridized carbons (Fsp3) is 0.0769. The van der Waals surface area contributed by atoms with Crippen LogP contribution in [0.3, 0.4) is 0 Å². The normalized spacial score (nSPS) is 10.7. The Bertz CT molecular complexity index is 710. The summed E-state index contributed by atoms with van der Waals surface area (Å²) in [7, 11) is 0. The number of hydrazone groups is 1. The Labute approximate surface area is 123 Å². The third-order valence-corrected chi connectivity index (χ3v) is 3.51. The molecule has 0 aliphatic heterocycles. The van der Waals surface area contributed by atoms with Crippen molar-refractivity contribution in [2.24, 2.45) is 5.10 Å². The number of thiophene rings is 1. The van der Waals surface area contributed by atoms with E-state index in [0.29, 0.717) is 10.4 Å². The first-order valence-electron chi connectivity index (χ1n) is 5.84. The van der Waals surface area contributed by atoms with Gasteiger partial charge in [-0.25, -0.2) is 5.43 Å². The number of carbonyl (C=O) groups is 1. The number of benzene rings is 1. The van der Waals surface area contributed by atoms with Gasteiger partial charge in [0.25, 0.3) is 11.6 Å². The maximum Gasteiger partial charge on any atom is 0.281 e. The first kappa shape index (κ1) is 14.7. The second kappa shape index (κ2) is 6.14. The number of hydrogen-bond acceptors (Lipinski definition) is 6. The molecule has 1 amide bonds. The van der Waals surface area contributed by atoms with Gasteiger partial charge in [0.2, 0.25) is 0 Å². The third kappa shape index (κ3) is 3.42. The van der Waals surface area contributed by atoms with Crippen LogP contribution in [0.5, 0.6) is 5.75 Å². The average Bonchev–Trinajstić information content (AvgIpc) is 2.97. The number of nitrogens with zero attached hydrogens (tertiary/aromatic N) is 2. The van der Waals surface area contributed by atoms with E-state index in [1.54, 1.807) is 24.4 Å². The molecule has 108 valence electrons.